The quantitative estimate of drug-likeness (QED) is 0.870. The lowest BCUT2D eigenvalue weighted by Crippen LogP contribution is -2.35. The second kappa shape index (κ2) is 7.24. The van der Waals surface area contributed by atoms with E-state index in [1.807, 2.05) is 13.8 Å². The molecule has 0 saturated carbocycles. The van der Waals surface area contributed by atoms with Crippen LogP contribution in [0.5, 0.6) is 5.75 Å². The van der Waals surface area contributed by atoms with Crippen LogP contribution in [0.3, 0.4) is 0 Å². The molecule has 1 unspecified atom stereocenters. The molecule has 1 aliphatic heterocycles. The minimum atomic E-state index is -3.46. The zero-order valence-corrected chi connectivity index (χ0v) is 13.5. The average molecular weight is 312 g/mol. The summed E-state index contributed by atoms with van der Waals surface area (Å²) in [6.07, 6.45) is 2.70. The van der Waals surface area contributed by atoms with Gasteiger partial charge in [0.25, 0.3) is 0 Å². The molecule has 2 rings (SSSR count). The first-order chi connectivity index (χ1) is 10.0. The average Bonchev–Trinajstić information content (AvgIpc) is 2.69. The molecule has 1 saturated heterocycles. The van der Waals surface area contributed by atoms with Gasteiger partial charge in [-0.15, -0.1) is 0 Å². The van der Waals surface area contributed by atoms with Gasteiger partial charge in [-0.25, -0.2) is 13.1 Å². The molecule has 118 valence electrons. The number of sulfonamides is 1. The third-order valence-corrected chi connectivity index (χ3v) is 5.17. The van der Waals surface area contributed by atoms with Crippen molar-refractivity contribution in [3.8, 4) is 5.75 Å². The van der Waals surface area contributed by atoms with Gasteiger partial charge in [-0.3, -0.25) is 0 Å². The van der Waals surface area contributed by atoms with Gasteiger partial charge in [-0.2, -0.15) is 0 Å². The van der Waals surface area contributed by atoms with Crippen LogP contribution in [0.25, 0.3) is 0 Å². The zero-order valence-electron chi connectivity index (χ0n) is 12.7. The highest BCUT2D eigenvalue weighted by molar-refractivity contribution is 7.89. The van der Waals surface area contributed by atoms with Crippen molar-refractivity contribution in [2.75, 3.05) is 19.7 Å². The molecule has 0 amide bonds. The first-order valence-electron chi connectivity index (χ1n) is 7.49. The minimum Gasteiger partial charge on any atom is -0.494 e. The Hall–Kier alpha value is -1.11. The van der Waals surface area contributed by atoms with E-state index in [2.05, 4.69) is 10.0 Å². The van der Waals surface area contributed by atoms with Crippen molar-refractivity contribution < 1.29 is 13.2 Å². The van der Waals surface area contributed by atoms with Crippen molar-refractivity contribution in [2.45, 2.75) is 44.0 Å². The van der Waals surface area contributed by atoms with Crippen LogP contribution < -0.4 is 14.8 Å². The number of aryl methyl sites for hydroxylation is 1. The maximum Gasteiger partial charge on any atom is 0.240 e. The van der Waals surface area contributed by atoms with Crippen LogP contribution in [-0.2, 0) is 10.0 Å². The smallest absolute Gasteiger partial charge is 0.240 e. The molecular weight excluding hydrogens is 288 g/mol. The Morgan fingerprint density at radius 1 is 1.33 bits per heavy atom. The van der Waals surface area contributed by atoms with Crippen LogP contribution >= 0.6 is 0 Å². The van der Waals surface area contributed by atoms with E-state index in [4.69, 9.17) is 4.74 Å². The van der Waals surface area contributed by atoms with Crippen LogP contribution in [0.15, 0.2) is 23.1 Å². The fraction of sp³-hybridized carbons (Fsp3) is 0.600. The number of rotatable bonds is 5. The molecular formula is C15H24N2O3S. The highest BCUT2D eigenvalue weighted by atomic mass is 32.2. The Morgan fingerprint density at radius 2 is 2.14 bits per heavy atom. The number of hydrogen-bond donors (Lipinski definition) is 2. The van der Waals surface area contributed by atoms with Crippen molar-refractivity contribution in [1.29, 1.82) is 0 Å². The van der Waals surface area contributed by atoms with Crippen molar-refractivity contribution in [1.82, 2.24) is 10.0 Å². The molecule has 1 heterocycles. The Balaban J connectivity index is 2.13. The van der Waals surface area contributed by atoms with E-state index in [1.165, 1.54) is 0 Å². The van der Waals surface area contributed by atoms with E-state index in [0.29, 0.717) is 11.5 Å². The minimum absolute atomic E-state index is 0.0110. The van der Waals surface area contributed by atoms with E-state index >= 15 is 0 Å². The molecule has 0 aliphatic carbocycles. The maximum atomic E-state index is 12.5. The molecule has 1 fully saturated rings. The van der Waals surface area contributed by atoms with Gasteiger partial charge >= 0.3 is 0 Å². The van der Waals surface area contributed by atoms with Crippen LogP contribution in [0.1, 0.15) is 31.7 Å². The number of ether oxygens (including phenoxy) is 1. The lowest BCUT2D eigenvalue weighted by Gasteiger charge is -2.17. The Kier molecular flexibility index (Phi) is 5.61. The predicted molar refractivity (Wildman–Crippen MR) is 83.2 cm³/mol. The molecule has 1 aromatic carbocycles. The molecule has 0 spiro atoms. The topological polar surface area (TPSA) is 67.4 Å². The standard InChI is InChI=1S/C15H24N2O3S/c1-3-20-15-7-6-14(11-12(15)2)21(18,19)17-13-5-4-9-16-10-8-13/h6-7,11,13,16-17H,3-5,8-10H2,1-2H3. The lowest BCUT2D eigenvalue weighted by atomic mass is 10.1. The summed E-state index contributed by atoms with van der Waals surface area (Å²) < 4.78 is 33.2. The van der Waals surface area contributed by atoms with Crippen molar-refractivity contribution >= 4 is 10.0 Å². The van der Waals surface area contributed by atoms with Gasteiger partial charge in [0, 0.05) is 6.04 Å². The Bertz CT molecular complexity index is 564. The van der Waals surface area contributed by atoms with Gasteiger partial charge in [0.05, 0.1) is 11.5 Å². The molecule has 1 aromatic rings. The summed E-state index contributed by atoms with van der Waals surface area (Å²) in [7, 11) is -3.46. The van der Waals surface area contributed by atoms with Gasteiger partial charge in [0.15, 0.2) is 0 Å². The molecule has 1 aliphatic rings. The third-order valence-electron chi connectivity index (χ3n) is 3.65. The first kappa shape index (κ1) is 16.3. The number of hydrogen-bond acceptors (Lipinski definition) is 4. The largest absolute Gasteiger partial charge is 0.494 e. The van der Waals surface area contributed by atoms with Crippen molar-refractivity contribution in [3.05, 3.63) is 23.8 Å². The van der Waals surface area contributed by atoms with Crippen LogP contribution in [0.2, 0.25) is 0 Å². The number of benzene rings is 1. The first-order valence-corrected chi connectivity index (χ1v) is 8.97. The van der Waals surface area contributed by atoms with Crippen LogP contribution in [0, 0.1) is 6.92 Å². The number of nitrogens with one attached hydrogen (secondary N) is 2. The molecule has 0 bridgehead atoms. The third kappa shape index (κ3) is 4.43. The van der Waals surface area contributed by atoms with Gasteiger partial charge in [-0.1, -0.05) is 0 Å². The molecule has 0 aromatic heterocycles. The zero-order chi connectivity index (χ0) is 15.3. The van der Waals surface area contributed by atoms with E-state index in [9.17, 15) is 8.42 Å². The summed E-state index contributed by atoms with van der Waals surface area (Å²) in [5.74, 6) is 0.732. The van der Waals surface area contributed by atoms with E-state index in [1.54, 1.807) is 18.2 Å². The molecule has 0 radical (unpaired) electrons. The van der Waals surface area contributed by atoms with Gasteiger partial charge < -0.3 is 10.1 Å². The fourth-order valence-corrected chi connectivity index (χ4v) is 3.92. The predicted octanol–water partition coefficient (Wildman–Crippen LogP) is 1.81. The van der Waals surface area contributed by atoms with E-state index in [-0.39, 0.29) is 6.04 Å². The van der Waals surface area contributed by atoms with Crippen molar-refractivity contribution in [3.63, 3.8) is 0 Å². The SMILES string of the molecule is CCOc1ccc(S(=O)(=O)NC2CCCNCC2)cc1C. The summed E-state index contributed by atoms with van der Waals surface area (Å²) in [6, 6.07) is 5.01. The normalized spacial score (nSPS) is 20.0. The summed E-state index contributed by atoms with van der Waals surface area (Å²) in [6.45, 7) is 6.15. The van der Waals surface area contributed by atoms with E-state index in [0.717, 1.165) is 43.7 Å². The summed E-state index contributed by atoms with van der Waals surface area (Å²) in [5, 5.41) is 3.28. The highest BCUT2D eigenvalue weighted by Crippen LogP contribution is 2.22. The van der Waals surface area contributed by atoms with Gasteiger partial charge in [0.1, 0.15) is 5.75 Å². The Labute approximate surface area is 127 Å². The monoisotopic (exact) mass is 312 g/mol. The van der Waals surface area contributed by atoms with Crippen LogP contribution in [0.4, 0.5) is 0 Å². The fourth-order valence-electron chi connectivity index (χ4n) is 2.53. The second-order valence-corrected chi connectivity index (χ2v) is 7.07. The molecule has 21 heavy (non-hydrogen) atoms. The highest BCUT2D eigenvalue weighted by Gasteiger charge is 2.21. The van der Waals surface area contributed by atoms with Crippen molar-refractivity contribution in [2.24, 2.45) is 0 Å². The molecule has 2 N–H and O–H groups in total. The van der Waals surface area contributed by atoms with Gasteiger partial charge in [0.2, 0.25) is 10.0 Å². The molecule has 1 atom stereocenters. The summed E-state index contributed by atoms with van der Waals surface area (Å²) in [5.41, 5.74) is 0.835. The maximum absolute atomic E-state index is 12.5. The Morgan fingerprint density at radius 3 is 2.86 bits per heavy atom. The van der Waals surface area contributed by atoms with E-state index < -0.39 is 10.0 Å². The lowest BCUT2D eigenvalue weighted by molar-refractivity contribution is 0.337. The van der Waals surface area contributed by atoms with Crippen LogP contribution in [-0.4, -0.2) is 34.2 Å². The summed E-state index contributed by atoms with van der Waals surface area (Å²) >= 11 is 0. The second-order valence-electron chi connectivity index (χ2n) is 5.36. The van der Waals surface area contributed by atoms with Gasteiger partial charge in [-0.05, 0) is 70.0 Å². The molecule has 5 nitrogen and oxygen atoms in total. The molecule has 6 heteroatoms. The summed E-state index contributed by atoms with van der Waals surface area (Å²) in [4.78, 5) is 0.306.